The van der Waals surface area contributed by atoms with Crippen molar-refractivity contribution >= 4 is 17.7 Å². The monoisotopic (exact) mass is 350 g/mol. The van der Waals surface area contributed by atoms with Gasteiger partial charge in [0.15, 0.2) is 11.0 Å². The van der Waals surface area contributed by atoms with Crippen molar-refractivity contribution in [2.75, 3.05) is 18.9 Å². The van der Waals surface area contributed by atoms with Crippen LogP contribution in [-0.2, 0) is 16.6 Å². The Morgan fingerprint density at radius 3 is 3.04 bits per heavy atom. The fourth-order valence-electron chi connectivity index (χ4n) is 2.53. The Morgan fingerprint density at radius 2 is 2.29 bits per heavy atom. The fraction of sp³-hybridized carbons (Fsp3) is 0.438. The van der Waals surface area contributed by atoms with Crippen LogP contribution in [0.2, 0.25) is 0 Å². The number of amides is 1. The highest BCUT2D eigenvalue weighted by Crippen LogP contribution is 2.24. The summed E-state index contributed by atoms with van der Waals surface area (Å²) in [6.07, 6.45) is 2.16. The molecule has 0 aliphatic carbocycles. The normalized spacial score (nSPS) is 17.2. The minimum atomic E-state index is -0.348. The summed E-state index contributed by atoms with van der Waals surface area (Å²) in [5.74, 6) is 0.246. The highest BCUT2D eigenvalue weighted by Gasteiger charge is 2.18. The van der Waals surface area contributed by atoms with Crippen LogP contribution in [0.5, 0.6) is 0 Å². The Kier molecular flexibility index (Phi) is 5.47. The minimum absolute atomic E-state index is 0.0778. The zero-order valence-corrected chi connectivity index (χ0v) is 14.2. The first kappa shape index (κ1) is 16.9. The van der Waals surface area contributed by atoms with Gasteiger partial charge >= 0.3 is 0 Å². The maximum absolute atomic E-state index is 13.9. The number of rotatable bonds is 6. The number of aromatic nitrogens is 3. The predicted octanol–water partition coefficient (Wildman–Crippen LogP) is 2.01. The summed E-state index contributed by atoms with van der Waals surface area (Å²) in [5, 5.41) is 11.5. The summed E-state index contributed by atoms with van der Waals surface area (Å²) in [5.41, 5.74) is 0.391. The molecule has 1 amide bonds. The van der Waals surface area contributed by atoms with Crippen molar-refractivity contribution in [3.63, 3.8) is 0 Å². The molecule has 6 nitrogen and oxygen atoms in total. The van der Waals surface area contributed by atoms with Gasteiger partial charge in [0.25, 0.3) is 0 Å². The summed E-state index contributed by atoms with van der Waals surface area (Å²) in [4.78, 5) is 11.9. The van der Waals surface area contributed by atoms with E-state index in [4.69, 9.17) is 4.74 Å². The van der Waals surface area contributed by atoms with E-state index in [-0.39, 0.29) is 23.6 Å². The lowest BCUT2D eigenvalue weighted by molar-refractivity contribution is -0.119. The second-order valence-corrected chi connectivity index (χ2v) is 6.52. The van der Waals surface area contributed by atoms with Crippen LogP contribution in [0.3, 0.4) is 0 Å². The highest BCUT2D eigenvalue weighted by atomic mass is 32.2. The first-order valence-electron chi connectivity index (χ1n) is 7.80. The van der Waals surface area contributed by atoms with Crippen LogP contribution in [0.25, 0.3) is 11.4 Å². The van der Waals surface area contributed by atoms with Gasteiger partial charge in [0, 0.05) is 20.2 Å². The molecule has 0 spiro atoms. The van der Waals surface area contributed by atoms with E-state index in [1.165, 1.54) is 17.8 Å². The highest BCUT2D eigenvalue weighted by molar-refractivity contribution is 7.99. The molecule has 0 radical (unpaired) electrons. The van der Waals surface area contributed by atoms with Crippen LogP contribution in [0.1, 0.15) is 12.8 Å². The van der Waals surface area contributed by atoms with Crippen molar-refractivity contribution < 1.29 is 13.9 Å². The SMILES string of the molecule is Cn1c(SCC(=O)NC[C@@H]2CCCO2)nnc1-c1ccccc1F. The fourth-order valence-corrected chi connectivity index (χ4v) is 3.27. The molecule has 128 valence electrons. The molecule has 1 aromatic heterocycles. The topological polar surface area (TPSA) is 69.0 Å². The molecule has 24 heavy (non-hydrogen) atoms. The molecule has 2 heterocycles. The average molecular weight is 350 g/mol. The zero-order valence-electron chi connectivity index (χ0n) is 13.4. The Hall–Kier alpha value is -1.93. The molecular weight excluding hydrogens is 331 g/mol. The van der Waals surface area contributed by atoms with Crippen LogP contribution < -0.4 is 5.32 Å². The van der Waals surface area contributed by atoms with Crippen LogP contribution in [0.15, 0.2) is 29.4 Å². The Bertz CT molecular complexity index is 716. The lowest BCUT2D eigenvalue weighted by Gasteiger charge is -2.10. The third-order valence-corrected chi connectivity index (χ3v) is 4.85. The van der Waals surface area contributed by atoms with Crippen molar-refractivity contribution in [3.05, 3.63) is 30.1 Å². The van der Waals surface area contributed by atoms with Crippen LogP contribution >= 0.6 is 11.8 Å². The molecule has 8 heteroatoms. The van der Waals surface area contributed by atoms with E-state index < -0.39 is 0 Å². The van der Waals surface area contributed by atoms with E-state index in [0.29, 0.717) is 23.1 Å². The van der Waals surface area contributed by atoms with Crippen molar-refractivity contribution in [1.29, 1.82) is 0 Å². The molecule has 1 fully saturated rings. The van der Waals surface area contributed by atoms with Gasteiger partial charge in [-0.05, 0) is 25.0 Å². The number of halogens is 1. The van der Waals surface area contributed by atoms with Gasteiger partial charge in [-0.15, -0.1) is 10.2 Å². The molecule has 1 saturated heterocycles. The number of nitrogens with zero attached hydrogens (tertiary/aromatic N) is 3. The van der Waals surface area contributed by atoms with Gasteiger partial charge in [0.2, 0.25) is 5.91 Å². The maximum atomic E-state index is 13.9. The van der Waals surface area contributed by atoms with Gasteiger partial charge in [-0.2, -0.15) is 0 Å². The van der Waals surface area contributed by atoms with Gasteiger partial charge in [0.05, 0.1) is 17.4 Å². The molecule has 1 atom stereocenters. The summed E-state index contributed by atoms with van der Waals surface area (Å²) in [6.45, 7) is 1.31. The lowest BCUT2D eigenvalue weighted by Crippen LogP contribution is -2.32. The van der Waals surface area contributed by atoms with Crippen LogP contribution in [0.4, 0.5) is 4.39 Å². The molecule has 1 aromatic carbocycles. The average Bonchev–Trinajstić information content (AvgIpc) is 3.22. The number of thioether (sulfide) groups is 1. The number of carbonyl (C=O) groups excluding carboxylic acids is 1. The minimum Gasteiger partial charge on any atom is -0.376 e. The van der Waals surface area contributed by atoms with Gasteiger partial charge < -0.3 is 14.6 Å². The van der Waals surface area contributed by atoms with E-state index in [2.05, 4.69) is 15.5 Å². The number of benzene rings is 1. The van der Waals surface area contributed by atoms with Crippen LogP contribution in [0, 0.1) is 5.82 Å². The van der Waals surface area contributed by atoms with Gasteiger partial charge in [-0.25, -0.2) is 4.39 Å². The summed E-state index contributed by atoms with van der Waals surface area (Å²) in [7, 11) is 1.76. The second kappa shape index (κ2) is 7.76. The number of hydrogen-bond donors (Lipinski definition) is 1. The number of ether oxygens (including phenoxy) is 1. The molecule has 3 rings (SSSR count). The molecule has 0 bridgehead atoms. The van der Waals surface area contributed by atoms with Gasteiger partial charge in [0.1, 0.15) is 5.82 Å². The quantitative estimate of drug-likeness (QED) is 0.807. The first-order chi connectivity index (χ1) is 11.6. The third-order valence-electron chi connectivity index (χ3n) is 3.83. The Labute approximate surface area is 143 Å². The predicted molar refractivity (Wildman–Crippen MR) is 89.1 cm³/mol. The standard InChI is InChI=1S/C16H19FN4O2S/c1-21-15(12-6-2-3-7-13(12)17)19-20-16(21)24-10-14(22)18-9-11-5-4-8-23-11/h2-3,6-7,11H,4-5,8-10H2,1H3,(H,18,22)/t11-/m0/s1. The molecule has 1 N–H and O–H groups in total. The van der Waals surface area contributed by atoms with Gasteiger partial charge in [-0.3, -0.25) is 4.79 Å². The summed E-state index contributed by atoms with van der Waals surface area (Å²) >= 11 is 1.27. The third kappa shape index (κ3) is 3.93. The second-order valence-electron chi connectivity index (χ2n) is 5.57. The van der Waals surface area contributed by atoms with Gasteiger partial charge in [-0.1, -0.05) is 23.9 Å². The van der Waals surface area contributed by atoms with E-state index in [1.807, 2.05) is 0 Å². The zero-order chi connectivity index (χ0) is 16.9. The van der Waals surface area contributed by atoms with Crippen molar-refractivity contribution in [2.24, 2.45) is 7.05 Å². The van der Waals surface area contributed by atoms with Crippen molar-refractivity contribution in [1.82, 2.24) is 20.1 Å². The van der Waals surface area contributed by atoms with E-state index in [1.54, 1.807) is 29.8 Å². The molecule has 1 aliphatic heterocycles. The molecular formula is C16H19FN4O2S. The lowest BCUT2D eigenvalue weighted by atomic mass is 10.2. The largest absolute Gasteiger partial charge is 0.376 e. The Balaban J connectivity index is 1.56. The van der Waals surface area contributed by atoms with E-state index >= 15 is 0 Å². The summed E-state index contributed by atoms with van der Waals surface area (Å²) in [6, 6.07) is 6.42. The van der Waals surface area contributed by atoms with Crippen LogP contribution in [-0.4, -0.2) is 45.7 Å². The Morgan fingerprint density at radius 1 is 1.46 bits per heavy atom. The van der Waals surface area contributed by atoms with E-state index in [9.17, 15) is 9.18 Å². The molecule has 0 unspecified atom stereocenters. The number of carbonyl (C=O) groups is 1. The van der Waals surface area contributed by atoms with Crippen molar-refractivity contribution in [3.8, 4) is 11.4 Å². The number of hydrogen-bond acceptors (Lipinski definition) is 5. The summed E-state index contributed by atoms with van der Waals surface area (Å²) < 4.78 is 21.0. The number of nitrogens with one attached hydrogen (secondary N) is 1. The molecule has 2 aromatic rings. The maximum Gasteiger partial charge on any atom is 0.230 e. The van der Waals surface area contributed by atoms with Crippen molar-refractivity contribution in [2.45, 2.75) is 24.1 Å². The molecule has 1 aliphatic rings. The van der Waals surface area contributed by atoms with E-state index in [0.717, 1.165) is 19.4 Å². The first-order valence-corrected chi connectivity index (χ1v) is 8.79. The molecule has 0 saturated carbocycles. The smallest absolute Gasteiger partial charge is 0.230 e.